The Morgan fingerprint density at radius 1 is 0.853 bits per heavy atom. The number of hydrogen-bond donors (Lipinski definition) is 0. The summed E-state index contributed by atoms with van der Waals surface area (Å²) in [4.78, 5) is 31.5. The van der Waals surface area contributed by atoms with Gasteiger partial charge in [-0.15, -0.1) is 11.3 Å². The summed E-state index contributed by atoms with van der Waals surface area (Å²) < 4.78 is 0. The van der Waals surface area contributed by atoms with Crippen molar-refractivity contribution in [3.8, 4) is 0 Å². The minimum Gasteiger partial charge on any atom is -0.343 e. The highest BCUT2D eigenvalue weighted by Gasteiger charge is 2.33. The van der Waals surface area contributed by atoms with Crippen LogP contribution in [0.2, 0.25) is 5.02 Å². The quantitative estimate of drug-likeness (QED) is 0.434. The molecule has 2 aliphatic rings. The molecule has 1 saturated heterocycles. The number of carbonyl (C=O) groups excluding carboxylic acids is 2. The molecule has 0 bridgehead atoms. The second kappa shape index (κ2) is 10.3. The number of nitrogens with zero attached hydrogens (tertiary/aromatic N) is 2. The second-order valence-corrected chi connectivity index (χ2v) is 10.6. The Labute approximate surface area is 210 Å². The van der Waals surface area contributed by atoms with Gasteiger partial charge in [0.15, 0.2) is 0 Å². The zero-order valence-corrected chi connectivity index (χ0v) is 20.7. The molecule has 0 spiro atoms. The highest BCUT2D eigenvalue weighted by Crippen LogP contribution is 2.38. The van der Waals surface area contributed by atoms with Crippen molar-refractivity contribution in [2.75, 3.05) is 19.6 Å². The van der Waals surface area contributed by atoms with Gasteiger partial charge < -0.3 is 9.80 Å². The number of carbonyl (C=O) groups is 2. The summed E-state index contributed by atoms with van der Waals surface area (Å²) in [7, 11) is 0. The van der Waals surface area contributed by atoms with Crippen LogP contribution < -0.4 is 0 Å². The molecule has 6 heteroatoms. The SMILES string of the molecule is O=C(CCC(=O)N1CCc2sccc2C1c1ccc(Cl)cc1)N1CCC(c2ccccc2)CC1. The van der Waals surface area contributed by atoms with Crippen molar-refractivity contribution in [2.45, 2.75) is 44.1 Å². The summed E-state index contributed by atoms with van der Waals surface area (Å²) in [5.41, 5.74) is 3.61. The van der Waals surface area contributed by atoms with E-state index in [-0.39, 0.29) is 30.7 Å². The first-order valence-electron chi connectivity index (χ1n) is 12.0. The lowest BCUT2D eigenvalue weighted by Gasteiger charge is -2.37. The van der Waals surface area contributed by atoms with Crippen LogP contribution in [0, 0.1) is 0 Å². The van der Waals surface area contributed by atoms with E-state index in [0.29, 0.717) is 17.5 Å². The fourth-order valence-corrected chi connectivity index (χ4v) is 6.32. The zero-order valence-electron chi connectivity index (χ0n) is 19.2. The summed E-state index contributed by atoms with van der Waals surface area (Å²) in [5.74, 6) is 0.653. The molecule has 1 unspecified atom stereocenters. The third-order valence-corrected chi connectivity index (χ3v) is 8.39. The van der Waals surface area contributed by atoms with Crippen LogP contribution in [0.5, 0.6) is 0 Å². The zero-order chi connectivity index (χ0) is 23.5. The summed E-state index contributed by atoms with van der Waals surface area (Å²) >= 11 is 7.86. The summed E-state index contributed by atoms with van der Waals surface area (Å²) in [6.45, 7) is 2.21. The summed E-state index contributed by atoms with van der Waals surface area (Å²) in [6, 6.07) is 20.3. The van der Waals surface area contributed by atoms with E-state index < -0.39 is 0 Å². The fraction of sp³-hybridized carbons (Fsp3) is 0.357. The molecule has 34 heavy (non-hydrogen) atoms. The average molecular weight is 493 g/mol. The maximum absolute atomic E-state index is 13.3. The molecule has 176 valence electrons. The van der Waals surface area contributed by atoms with Crippen molar-refractivity contribution in [2.24, 2.45) is 0 Å². The number of amides is 2. The normalized spacial score (nSPS) is 18.6. The van der Waals surface area contributed by atoms with Crippen molar-refractivity contribution >= 4 is 34.8 Å². The Morgan fingerprint density at radius 2 is 1.56 bits per heavy atom. The van der Waals surface area contributed by atoms with Gasteiger partial charge in [-0.1, -0.05) is 54.1 Å². The van der Waals surface area contributed by atoms with E-state index in [1.165, 1.54) is 16.0 Å². The van der Waals surface area contributed by atoms with Gasteiger partial charge in [-0.25, -0.2) is 0 Å². The number of rotatable bonds is 5. The third-order valence-electron chi connectivity index (χ3n) is 7.14. The lowest BCUT2D eigenvalue weighted by Crippen LogP contribution is -2.41. The Bertz CT molecular complexity index is 1140. The molecular formula is C28H29ClN2O2S. The van der Waals surface area contributed by atoms with Gasteiger partial charge in [0.25, 0.3) is 0 Å². The predicted octanol–water partition coefficient (Wildman–Crippen LogP) is 6.06. The van der Waals surface area contributed by atoms with Crippen LogP contribution in [-0.2, 0) is 16.0 Å². The first kappa shape index (κ1) is 23.1. The largest absolute Gasteiger partial charge is 0.343 e. The lowest BCUT2D eigenvalue weighted by atomic mass is 9.89. The minimum atomic E-state index is -0.114. The Balaban J connectivity index is 1.21. The van der Waals surface area contributed by atoms with Gasteiger partial charge in [0.2, 0.25) is 11.8 Å². The number of fused-ring (bicyclic) bond motifs is 1. The van der Waals surface area contributed by atoms with Crippen LogP contribution in [0.4, 0.5) is 0 Å². The molecule has 0 saturated carbocycles. The van der Waals surface area contributed by atoms with Crippen LogP contribution in [0.15, 0.2) is 66.0 Å². The van der Waals surface area contributed by atoms with Crippen LogP contribution >= 0.6 is 22.9 Å². The van der Waals surface area contributed by atoms with E-state index in [2.05, 4.69) is 35.7 Å². The van der Waals surface area contributed by atoms with E-state index in [0.717, 1.165) is 37.9 Å². The molecule has 3 heterocycles. The molecule has 5 rings (SSSR count). The van der Waals surface area contributed by atoms with Crippen molar-refractivity contribution in [1.82, 2.24) is 9.80 Å². The first-order valence-corrected chi connectivity index (χ1v) is 13.3. The topological polar surface area (TPSA) is 40.6 Å². The van der Waals surface area contributed by atoms with Crippen molar-refractivity contribution < 1.29 is 9.59 Å². The Morgan fingerprint density at radius 3 is 2.29 bits per heavy atom. The molecule has 4 nitrogen and oxygen atoms in total. The minimum absolute atomic E-state index is 0.0457. The highest BCUT2D eigenvalue weighted by atomic mass is 35.5. The van der Waals surface area contributed by atoms with Gasteiger partial charge in [-0.3, -0.25) is 9.59 Å². The van der Waals surface area contributed by atoms with Gasteiger partial charge in [-0.05, 0) is 65.4 Å². The maximum Gasteiger partial charge on any atom is 0.223 e. The van der Waals surface area contributed by atoms with Crippen molar-refractivity contribution in [3.05, 3.63) is 92.6 Å². The molecule has 0 N–H and O–H groups in total. The molecule has 1 fully saturated rings. The van der Waals surface area contributed by atoms with Crippen LogP contribution in [-0.4, -0.2) is 41.2 Å². The number of piperidine rings is 1. The van der Waals surface area contributed by atoms with E-state index >= 15 is 0 Å². The Hall–Kier alpha value is -2.63. The number of hydrogen-bond acceptors (Lipinski definition) is 3. The molecule has 1 aromatic heterocycles. The molecule has 1 atom stereocenters. The average Bonchev–Trinajstić information content (AvgIpc) is 3.37. The molecule has 3 aromatic rings. The number of thiophene rings is 1. The number of likely N-dealkylation sites (tertiary alicyclic amines) is 1. The van der Waals surface area contributed by atoms with Gasteiger partial charge in [-0.2, -0.15) is 0 Å². The molecule has 0 aliphatic carbocycles. The summed E-state index contributed by atoms with van der Waals surface area (Å²) in [5, 5.41) is 2.79. The van der Waals surface area contributed by atoms with Crippen LogP contribution in [0.25, 0.3) is 0 Å². The first-order chi connectivity index (χ1) is 16.6. The van der Waals surface area contributed by atoms with E-state index in [9.17, 15) is 9.59 Å². The highest BCUT2D eigenvalue weighted by molar-refractivity contribution is 7.10. The molecule has 2 aliphatic heterocycles. The fourth-order valence-electron chi connectivity index (χ4n) is 5.29. The van der Waals surface area contributed by atoms with E-state index in [4.69, 9.17) is 11.6 Å². The monoisotopic (exact) mass is 492 g/mol. The third kappa shape index (κ3) is 4.91. The Kier molecular flexibility index (Phi) is 7.02. The van der Waals surface area contributed by atoms with E-state index in [1.54, 1.807) is 11.3 Å². The maximum atomic E-state index is 13.3. The number of halogens is 1. The van der Waals surface area contributed by atoms with Crippen LogP contribution in [0.1, 0.15) is 59.2 Å². The molecule has 2 amide bonds. The van der Waals surface area contributed by atoms with Gasteiger partial charge in [0, 0.05) is 42.4 Å². The van der Waals surface area contributed by atoms with E-state index in [1.807, 2.05) is 40.1 Å². The van der Waals surface area contributed by atoms with Gasteiger partial charge in [0.05, 0.1) is 6.04 Å². The predicted molar refractivity (Wildman–Crippen MR) is 137 cm³/mol. The molecule has 0 radical (unpaired) electrons. The molecule has 2 aromatic carbocycles. The standard InChI is InChI=1S/C28H29ClN2O2S/c29-23-8-6-22(7-9-23)28-24-15-19-34-25(24)14-18-31(28)27(33)11-10-26(32)30-16-12-21(13-17-30)20-4-2-1-3-5-20/h1-9,15,19,21,28H,10-14,16-18H2. The van der Waals surface area contributed by atoms with Gasteiger partial charge in [0.1, 0.15) is 0 Å². The molecular weight excluding hydrogens is 464 g/mol. The summed E-state index contributed by atoms with van der Waals surface area (Å²) in [6.07, 6.45) is 3.35. The van der Waals surface area contributed by atoms with Crippen molar-refractivity contribution in [1.29, 1.82) is 0 Å². The lowest BCUT2D eigenvalue weighted by molar-refractivity contribution is -0.138. The van der Waals surface area contributed by atoms with Gasteiger partial charge >= 0.3 is 0 Å². The second-order valence-electron chi connectivity index (χ2n) is 9.16. The smallest absolute Gasteiger partial charge is 0.223 e. The van der Waals surface area contributed by atoms with Crippen molar-refractivity contribution in [3.63, 3.8) is 0 Å². The van der Waals surface area contributed by atoms with Crippen LogP contribution in [0.3, 0.4) is 0 Å². The number of benzene rings is 2.